The molecule has 0 N–H and O–H groups in total. The number of hydrogen-bond donors (Lipinski definition) is 0. The Bertz CT molecular complexity index is 86.8. The van der Waals surface area contributed by atoms with E-state index in [1.807, 2.05) is 0 Å². The molecule has 0 amide bonds. The molecule has 0 rings (SSSR count). The van der Waals surface area contributed by atoms with E-state index < -0.39 is 18.3 Å². The molecule has 0 heterocycles. The molecule has 20 heavy (non-hydrogen) atoms. The van der Waals surface area contributed by atoms with Gasteiger partial charge in [0.25, 0.3) is 0 Å². The molecule has 0 fully saturated rings. The van der Waals surface area contributed by atoms with Crippen LogP contribution < -0.4 is 15.3 Å². The van der Waals surface area contributed by atoms with Gasteiger partial charge in [0.1, 0.15) is 0 Å². The van der Waals surface area contributed by atoms with Crippen LogP contribution in [0.4, 0.5) is 0 Å². The fraction of sp³-hybridized carbons (Fsp3) is 1.00. The van der Waals surface area contributed by atoms with Crippen molar-refractivity contribution in [2.24, 2.45) is 0 Å². The Morgan fingerprint density at radius 1 is 0.650 bits per heavy atom. The second-order valence-electron chi connectivity index (χ2n) is 4.85. The molecular formula is C15H35ClO3Ti. The summed E-state index contributed by atoms with van der Waals surface area (Å²) in [6, 6.07) is 0. The van der Waals surface area contributed by atoms with Gasteiger partial charge < -0.3 is 15.3 Å². The summed E-state index contributed by atoms with van der Waals surface area (Å²) in [4.78, 5) is 0. The molecule has 0 spiro atoms. The first-order valence-electron chi connectivity index (χ1n) is 7.27. The average Bonchev–Trinajstić information content (AvgIpc) is 2.27. The van der Waals surface area contributed by atoms with Crippen molar-refractivity contribution in [3.8, 4) is 0 Å². The van der Waals surface area contributed by atoms with E-state index in [1.54, 1.807) is 41.5 Å². The summed E-state index contributed by atoms with van der Waals surface area (Å²) in [5.74, 6) is 0. The normalized spacial score (nSPS) is 8.45. The van der Waals surface area contributed by atoms with Gasteiger partial charge in [-0.1, -0.05) is 81.1 Å². The van der Waals surface area contributed by atoms with Gasteiger partial charge in [-0.25, -0.2) is 0 Å². The van der Waals surface area contributed by atoms with Gasteiger partial charge in [-0.15, -0.1) is 18.3 Å². The van der Waals surface area contributed by atoms with Crippen LogP contribution in [0.15, 0.2) is 0 Å². The van der Waals surface area contributed by atoms with Crippen molar-refractivity contribution >= 4 is 9.30 Å². The molecule has 0 aromatic carbocycles. The van der Waals surface area contributed by atoms with Gasteiger partial charge in [0, 0.05) is 0 Å². The van der Waals surface area contributed by atoms with Crippen LogP contribution in [0.1, 0.15) is 81.1 Å². The molecule has 0 aromatic heterocycles. The van der Waals surface area contributed by atoms with Crippen LogP contribution >= 0.6 is 9.30 Å². The molecule has 124 valence electrons. The van der Waals surface area contributed by atoms with E-state index in [4.69, 9.17) is 0 Å². The molecule has 0 aliphatic carbocycles. The summed E-state index contributed by atoms with van der Waals surface area (Å²) >= 11 is 1.47. The van der Waals surface area contributed by atoms with E-state index in [9.17, 15) is 15.3 Å². The fourth-order valence-electron chi connectivity index (χ4n) is 0.500. The first-order chi connectivity index (χ1) is 9.11. The summed E-state index contributed by atoms with van der Waals surface area (Å²) < 4.78 is 0. The zero-order chi connectivity index (χ0) is 17.6. The third kappa shape index (κ3) is 400. The number of unbranched alkanes of at least 4 members (excludes halogenated alkanes) is 3. The molecule has 3 nitrogen and oxygen atoms in total. The molecule has 0 aliphatic heterocycles. The predicted octanol–water partition coefficient (Wildman–Crippen LogP) is 2.54. The Labute approximate surface area is 143 Å². The van der Waals surface area contributed by atoms with Crippen LogP contribution in [0.5, 0.6) is 0 Å². The number of hydrogen-bond acceptors (Lipinski definition) is 3. The van der Waals surface area contributed by atoms with Crippen LogP contribution in [0.3, 0.4) is 0 Å². The second-order valence-corrected chi connectivity index (χ2v) is 4.85. The molecule has 0 saturated heterocycles. The molecule has 0 bridgehead atoms. The summed E-state index contributed by atoms with van der Waals surface area (Å²) in [6.07, 6.45) is 4.29. The minimum atomic E-state index is -0.417. The first kappa shape index (κ1) is 32.7. The summed E-state index contributed by atoms with van der Waals surface area (Å²) in [6.45, 7) is 14.1. The van der Waals surface area contributed by atoms with E-state index in [0.717, 1.165) is 0 Å². The van der Waals surface area contributed by atoms with Gasteiger partial charge in [-0.05, 0) is 0 Å². The fourth-order valence-corrected chi connectivity index (χ4v) is 0.500. The maximum absolute atomic E-state index is 9.53. The average molecular weight is 347 g/mol. The van der Waals surface area contributed by atoms with Crippen molar-refractivity contribution in [3.63, 3.8) is 0 Å². The second kappa shape index (κ2) is 36.8. The van der Waals surface area contributed by atoms with E-state index in [0.29, 0.717) is 0 Å². The summed E-state index contributed by atoms with van der Waals surface area (Å²) in [7, 11) is 4.64. The molecule has 0 aliphatic rings. The van der Waals surface area contributed by atoms with Crippen molar-refractivity contribution in [1.82, 2.24) is 0 Å². The van der Waals surface area contributed by atoms with Crippen molar-refractivity contribution < 1.29 is 34.7 Å². The third-order valence-electron chi connectivity index (χ3n) is 0.957. The van der Waals surface area contributed by atoms with E-state index in [2.05, 4.69) is 23.2 Å². The van der Waals surface area contributed by atoms with Crippen LogP contribution in [0.2, 0.25) is 0 Å². The third-order valence-corrected chi connectivity index (χ3v) is 0.957. The van der Waals surface area contributed by atoms with E-state index in [-0.39, 0.29) is 0 Å². The number of halogens is 1. The Kier molecular flexibility index (Phi) is 60.2. The Hall–Kier alpha value is 0.884. The number of rotatable bonds is 3. The zero-order valence-corrected chi connectivity index (χ0v) is 17.0. The SMILES string of the molecule is CC(C)[O-].CC(C)[O-].CC(C)[O-].CCCCCC.[Cl][Ti+3]. The monoisotopic (exact) mass is 346 g/mol. The Morgan fingerprint density at radius 2 is 0.750 bits per heavy atom. The van der Waals surface area contributed by atoms with Crippen molar-refractivity contribution in [2.75, 3.05) is 0 Å². The molecule has 5 heteroatoms. The van der Waals surface area contributed by atoms with Crippen LogP contribution in [-0.2, 0) is 19.4 Å². The van der Waals surface area contributed by atoms with E-state index >= 15 is 0 Å². The van der Waals surface area contributed by atoms with Crippen LogP contribution in [-0.4, -0.2) is 18.3 Å². The molecule has 0 aromatic rings. The van der Waals surface area contributed by atoms with Gasteiger partial charge in [0.2, 0.25) is 0 Å². The van der Waals surface area contributed by atoms with Gasteiger partial charge in [-0.3, -0.25) is 0 Å². The van der Waals surface area contributed by atoms with Crippen molar-refractivity contribution in [1.29, 1.82) is 0 Å². The van der Waals surface area contributed by atoms with Crippen molar-refractivity contribution in [3.05, 3.63) is 0 Å². The van der Waals surface area contributed by atoms with Gasteiger partial charge in [0.05, 0.1) is 0 Å². The maximum atomic E-state index is 9.53. The van der Waals surface area contributed by atoms with Gasteiger partial charge >= 0.3 is 28.7 Å². The molecule has 0 saturated carbocycles. The molecule has 0 radical (unpaired) electrons. The minimum absolute atomic E-state index is 0.417. The van der Waals surface area contributed by atoms with Gasteiger partial charge in [-0.2, -0.15) is 0 Å². The Balaban J connectivity index is -0.0000000488. The van der Waals surface area contributed by atoms with Crippen LogP contribution in [0, 0.1) is 0 Å². The van der Waals surface area contributed by atoms with Gasteiger partial charge in [0.15, 0.2) is 0 Å². The standard InChI is InChI=1S/C6H14.3C3H7O.ClH.Ti/c1-3-5-6-4-2;3*1-3(2)4;;/h3-6H2,1-2H3;3*3H,1-2H3;1H;/q;3*-1;;+4/p-1. The Morgan fingerprint density at radius 3 is 0.800 bits per heavy atom. The zero-order valence-electron chi connectivity index (χ0n) is 14.7. The molecule has 0 unspecified atom stereocenters. The predicted molar refractivity (Wildman–Crippen MR) is 81.1 cm³/mol. The summed E-state index contributed by atoms with van der Waals surface area (Å²) in [5.41, 5.74) is 0. The summed E-state index contributed by atoms with van der Waals surface area (Å²) in [5, 5.41) is 28.6. The van der Waals surface area contributed by atoms with Crippen molar-refractivity contribution in [2.45, 2.75) is 99.4 Å². The molecular weight excluding hydrogens is 311 g/mol. The first-order valence-corrected chi connectivity index (χ1v) is 9.42. The molecule has 0 atom stereocenters. The quantitative estimate of drug-likeness (QED) is 0.582. The van der Waals surface area contributed by atoms with Crippen LogP contribution in [0.25, 0.3) is 0 Å². The van der Waals surface area contributed by atoms with E-state index in [1.165, 1.54) is 45.1 Å². The topological polar surface area (TPSA) is 69.2 Å².